The van der Waals surface area contributed by atoms with Crippen molar-refractivity contribution in [3.63, 3.8) is 0 Å². The molecule has 0 unspecified atom stereocenters. The minimum absolute atomic E-state index is 0.327. The summed E-state index contributed by atoms with van der Waals surface area (Å²) in [6.07, 6.45) is 7.58. The summed E-state index contributed by atoms with van der Waals surface area (Å²) in [6.45, 7) is 1.56. The van der Waals surface area contributed by atoms with Gasteiger partial charge in [-0.05, 0) is 31.2 Å². The van der Waals surface area contributed by atoms with Crippen molar-refractivity contribution in [1.29, 1.82) is 0 Å². The first kappa shape index (κ1) is 14.5. The fraction of sp³-hybridized carbons (Fsp3) is 0.176. The summed E-state index contributed by atoms with van der Waals surface area (Å²) in [4.78, 5) is 8.50. The summed E-state index contributed by atoms with van der Waals surface area (Å²) in [7, 11) is 0. The fourth-order valence-corrected chi connectivity index (χ4v) is 2.72. The van der Waals surface area contributed by atoms with Crippen LogP contribution < -0.4 is 0 Å². The van der Waals surface area contributed by atoms with E-state index in [1.54, 1.807) is 17.1 Å². The number of imidazole rings is 1. The Hall–Kier alpha value is -3.09. The van der Waals surface area contributed by atoms with Crippen molar-refractivity contribution in [2.45, 2.75) is 13.3 Å². The first-order chi connectivity index (χ1) is 11.8. The number of aryl methyl sites for hydroxylation is 1. The van der Waals surface area contributed by atoms with Gasteiger partial charge in [-0.3, -0.25) is 9.37 Å². The topological polar surface area (TPSA) is 60.9 Å². The summed E-state index contributed by atoms with van der Waals surface area (Å²) in [5.74, 6) is 0. The number of fused-ring (bicyclic) bond motifs is 1. The van der Waals surface area contributed by atoms with Crippen LogP contribution in [0.5, 0.6) is 0 Å². The van der Waals surface area contributed by atoms with Crippen molar-refractivity contribution in [3.05, 3.63) is 60.4 Å². The van der Waals surface area contributed by atoms with E-state index in [9.17, 15) is 4.39 Å². The van der Waals surface area contributed by atoms with Gasteiger partial charge < -0.3 is 4.40 Å². The number of nitrogens with zero attached hydrogens (tertiary/aromatic N) is 6. The van der Waals surface area contributed by atoms with Gasteiger partial charge in [-0.1, -0.05) is 5.21 Å². The highest BCUT2D eigenvalue weighted by Crippen LogP contribution is 2.23. The predicted molar refractivity (Wildman–Crippen MR) is 87.8 cm³/mol. The fourth-order valence-electron chi connectivity index (χ4n) is 2.72. The molecule has 0 saturated heterocycles. The average molecular weight is 322 g/mol. The number of hydrogen-bond donors (Lipinski definition) is 0. The zero-order chi connectivity index (χ0) is 16.5. The van der Waals surface area contributed by atoms with E-state index >= 15 is 0 Å². The van der Waals surface area contributed by atoms with Gasteiger partial charge in [0.2, 0.25) is 0 Å². The second-order valence-corrected chi connectivity index (χ2v) is 5.50. The molecule has 6 nitrogen and oxygen atoms in total. The molecule has 0 atom stereocenters. The van der Waals surface area contributed by atoms with E-state index in [0.29, 0.717) is 6.42 Å². The smallest absolute Gasteiger partial charge is 0.137 e. The molecule has 0 amide bonds. The number of alkyl halides is 1. The van der Waals surface area contributed by atoms with Crippen LogP contribution in [0.2, 0.25) is 0 Å². The quantitative estimate of drug-likeness (QED) is 0.580. The van der Waals surface area contributed by atoms with Crippen molar-refractivity contribution < 1.29 is 4.39 Å². The maximum absolute atomic E-state index is 12.5. The van der Waals surface area contributed by atoms with Crippen molar-refractivity contribution >= 4 is 5.65 Å². The minimum atomic E-state index is -0.407. The van der Waals surface area contributed by atoms with Crippen molar-refractivity contribution in [3.8, 4) is 16.9 Å². The van der Waals surface area contributed by atoms with Crippen LogP contribution in [-0.2, 0) is 6.42 Å². The molecule has 4 aromatic heterocycles. The number of pyridine rings is 2. The van der Waals surface area contributed by atoms with Gasteiger partial charge in [-0.25, -0.2) is 9.67 Å². The SMILES string of the molecule is Cc1c(-c2ccc3nc(CCF)cn3c2)nnn1-c1cccnc1. The highest BCUT2D eigenvalue weighted by atomic mass is 19.1. The van der Waals surface area contributed by atoms with Gasteiger partial charge in [0.25, 0.3) is 0 Å². The summed E-state index contributed by atoms with van der Waals surface area (Å²) >= 11 is 0. The Morgan fingerprint density at radius 3 is 2.88 bits per heavy atom. The molecule has 4 rings (SSSR count). The van der Waals surface area contributed by atoms with Crippen molar-refractivity contribution in [2.24, 2.45) is 0 Å². The summed E-state index contributed by atoms with van der Waals surface area (Å²) < 4.78 is 16.1. The maximum atomic E-state index is 12.5. The number of aromatic nitrogens is 6. The molecule has 24 heavy (non-hydrogen) atoms. The van der Waals surface area contributed by atoms with Crippen LogP contribution in [0.4, 0.5) is 4.39 Å². The first-order valence-electron chi connectivity index (χ1n) is 7.63. The third kappa shape index (κ3) is 2.44. The molecule has 0 aliphatic rings. The lowest BCUT2D eigenvalue weighted by molar-refractivity contribution is 0.492. The Labute approximate surface area is 137 Å². The minimum Gasteiger partial charge on any atom is -0.306 e. The number of hydrogen-bond acceptors (Lipinski definition) is 4. The largest absolute Gasteiger partial charge is 0.306 e. The van der Waals surface area contributed by atoms with E-state index in [1.165, 1.54) is 0 Å². The third-order valence-corrected chi connectivity index (χ3v) is 3.91. The molecule has 0 aromatic carbocycles. The van der Waals surface area contributed by atoms with Gasteiger partial charge in [0.1, 0.15) is 11.3 Å². The Morgan fingerprint density at radius 2 is 2.08 bits per heavy atom. The normalized spacial score (nSPS) is 11.2. The lowest BCUT2D eigenvalue weighted by Crippen LogP contribution is -1.99. The van der Waals surface area contributed by atoms with E-state index in [1.807, 2.05) is 48.0 Å². The van der Waals surface area contributed by atoms with Gasteiger partial charge in [0.05, 0.1) is 29.9 Å². The van der Waals surface area contributed by atoms with E-state index in [2.05, 4.69) is 20.3 Å². The Kier molecular flexibility index (Phi) is 3.53. The molecular weight excluding hydrogens is 307 g/mol. The zero-order valence-electron chi connectivity index (χ0n) is 13.1. The lowest BCUT2D eigenvalue weighted by Gasteiger charge is -2.03. The van der Waals surface area contributed by atoms with Crippen LogP contribution in [0, 0.1) is 6.92 Å². The summed E-state index contributed by atoms with van der Waals surface area (Å²) in [5, 5.41) is 8.53. The number of rotatable bonds is 4. The predicted octanol–water partition coefficient (Wildman–Crippen LogP) is 2.80. The first-order valence-corrected chi connectivity index (χ1v) is 7.63. The Morgan fingerprint density at radius 1 is 1.17 bits per heavy atom. The highest BCUT2D eigenvalue weighted by Gasteiger charge is 2.13. The van der Waals surface area contributed by atoms with Gasteiger partial charge >= 0.3 is 0 Å². The Bertz CT molecular complexity index is 989. The molecule has 120 valence electrons. The summed E-state index contributed by atoms with van der Waals surface area (Å²) in [5.41, 5.74) is 5.04. The molecule has 4 heterocycles. The van der Waals surface area contributed by atoms with Crippen molar-refractivity contribution in [1.82, 2.24) is 29.4 Å². The third-order valence-electron chi connectivity index (χ3n) is 3.91. The van der Waals surface area contributed by atoms with Crippen LogP contribution in [0.3, 0.4) is 0 Å². The second kappa shape index (κ2) is 5.84. The standard InChI is InChI=1S/C17H15FN6/c1-12-17(21-22-24(12)15-3-2-8-19-9-15)13-4-5-16-20-14(6-7-18)11-23(16)10-13/h2-5,8-11H,6-7H2,1H3. The van der Waals surface area contributed by atoms with Crippen LogP contribution in [0.25, 0.3) is 22.6 Å². The van der Waals surface area contributed by atoms with Crippen molar-refractivity contribution in [2.75, 3.05) is 6.67 Å². The average Bonchev–Trinajstić information content (AvgIpc) is 3.18. The Balaban J connectivity index is 1.76. The van der Waals surface area contributed by atoms with Gasteiger partial charge in [-0.15, -0.1) is 5.10 Å². The van der Waals surface area contributed by atoms with E-state index in [-0.39, 0.29) is 0 Å². The number of halogens is 1. The molecule has 0 aliphatic heterocycles. The lowest BCUT2D eigenvalue weighted by atomic mass is 10.2. The van der Waals surface area contributed by atoms with E-state index < -0.39 is 6.67 Å². The van der Waals surface area contributed by atoms with Gasteiger partial charge in [0.15, 0.2) is 0 Å². The summed E-state index contributed by atoms with van der Waals surface area (Å²) in [6, 6.07) is 7.65. The zero-order valence-corrected chi connectivity index (χ0v) is 13.1. The molecule has 0 fully saturated rings. The van der Waals surface area contributed by atoms with E-state index in [4.69, 9.17) is 0 Å². The van der Waals surface area contributed by atoms with Crippen LogP contribution >= 0.6 is 0 Å². The van der Waals surface area contributed by atoms with Crippen LogP contribution in [-0.4, -0.2) is 36.0 Å². The van der Waals surface area contributed by atoms with E-state index in [0.717, 1.165) is 34.0 Å². The molecule has 4 aromatic rings. The molecule has 7 heteroatoms. The molecule has 0 radical (unpaired) electrons. The van der Waals surface area contributed by atoms with Crippen LogP contribution in [0.15, 0.2) is 49.1 Å². The molecule has 0 saturated carbocycles. The molecule has 0 spiro atoms. The van der Waals surface area contributed by atoms with Gasteiger partial charge in [-0.2, -0.15) is 0 Å². The monoisotopic (exact) mass is 322 g/mol. The molecule has 0 aliphatic carbocycles. The second-order valence-electron chi connectivity index (χ2n) is 5.50. The maximum Gasteiger partial charge on any atom is 0.137 e. The molecule has 0 N–H and O–H groups in total. The molecular formula is C17H15FN6. The van der Waals surface area contributed by atoms with Crippen LogP contribution in [0.1, 0.15) is 11.4 Å². The highest BCUT2D eigenvalue weighted by molar-refractivity contribution is 5.63. The molecule has 0 bridgehead atoms. The van der Waals surface area contributed by atoms with Gasteiger partial charge in [0, 0.05) is 30.6 Å².